The van der Waals surface area contributed by atoms with Gasteiger partial charge < -0.3 is 0 Å². The summed E-state index contributed by atoms with van der Waals surface area (Å²) in [7, 11) is 0. The molecule has 2 rings (SSSR count). The maximum absolute atomic E-state index is 2.29. The SMILES string of the molecule is CCCCCC(CCSCc1ccccc1)SCc1ccccc1. The minimum Gasteiger partial charge on any atom is -0.157 e. The van der Waals surface area contributed by atoms with E-state index in [1.807, 2.05) is 0 Å². The monoisotopic (exact) mass is 358 g/mol. The molecule has 0 spiro atoms. The molecule has 0 aliphatic rings. The van der Waals surface area contributed by atoms with E-state index in [1.165, 1.54) is 49.0 Å². The van der Waals surface area contributed by atoms with E-state index in [2.05, 4.69) is 91.1 Å². The van der Waals surface area contributed by atoms with Gasteiger partial charge in [0.25, 0.3) is 0 Å². The first-order chi connectivity index (χ1) is 11.9. The van der Waals surface area contributed by atoms with Crippen LogP contribution in [-0.2, 0) is 11.5 Å². The van der Waals surface area contributed by atoms with Gasteiger partial charge in [-0.3, -0.25) is 0 Å². The average Bonchev–Trinajstić information content (AvgIpc) is 2.64. The summed E-state index contributed by atoms with van der Waals surface area (Å²) in [6.07, 6.45) is 6.78. The lowest BCUT2D eigenvalue weighted by atomic mass is 10.1. The molecule has 0 nitrogen and oxygen atoms in total. The van der Waals surface area contributed by atoms with Crippen molar-refractivity contribution in [2.75, 3.05) is 5.75 Å². The quantitative estimate of drug-likeness (QED) is 0.368. The molecule has 0 amide bonds. The Balaban J connectivity index is 1.70. The zero-order chi connectivity index (χ0) is 16.9. The fraction of sp³-hybridized carbons (Fsp3) is 0.455. The van der Waals surface area contributed by atoms with Gasteiger partial charge in [-0.15, -0.1) is 0 Å². The predicted octanol–water partition coefficient (Wildman–Crippen LogP) is 7.19. The highest BCUT2D eigenvalue weighted by molar-refractivity contribution is 7.99. The van der Waals surface area contributed by atoms with Gasteiger partial charge in [0, 0.05) is 16.8 Å². The molecule has 0 aromatic heterocycles. The highest BCUT2D eigenvalue weighted by Gasteiger charge is 2.09. The molecule has 0 heterocycles. The third kappa shape index (κ3) is 8.30. The van der Waals surface area contributed by atoms with E-state index in [0.29, 0.717) is 0 Å². The second kappa shape index (κ2) is 12.5. The summed E-state index contributed by atoms with van der Waals surface area (Å²) in [6.45, 7) is 2.29. The van der Waals surface area contributed by atoms with Gasteiger partial charge in [0.1, 0.15) is 0 Å². The van der Waals surface area contributed by atoms with E-state index in [4.69, 9.17) is 0 Å². The van der Waals surface area contributed by atoms with Crippen molar-refractivity contribution in [2.45, 2.75) is 55.8 Å². The number of rotatable bonds is 12. The molecule has 0 saturated heterocycles. The number of unbranched alkanes of at least 4 members (excludes halogenated alkanes) is 2. The van der Waals surface area contributed by atoms with Crippen LogP contribution >= 0.6 is 23.5 Å². The Bertz CT molecular complexity index is 524. The van der Waals surface area contributed by atoms with Crippen molar-refractivity contribution in [2.24, 2.45) is 0 Å². The van der Waals surface area contributed by atoms with Gasteiger partial charge in [0.2, 0.25) is 0 Å². The van der Waals surface area contributed by atoms with Gasteiger partial charge >= 0.3 is 0 Å². The summed E-state index contributed by atoms with van der Waals surface area (Å²) in [4.78, 5) is 0. The smallest absolute Gasteiger partial charge is 0.0187 e. The Morgan fingerprint density at radius 1 is 0.750 bits per heavy atom. The van der Waals surface area contributed by atoms with E-state index in [0.717, 1.165) is 16.8 Å². The highest BCUT2D eigenvalue weighted by atomic mass is 32.2. The Morgan fingerprint density at radius 2 is 1.38 bits per heavy atom. The molecule has 0 aliphatic heterocycles. The van der Waals surface area contributed by atoms with Crippen LogP contribution < -0.4 is 0 Å². The number of benzene rings is 2. The summed E-state index contributed by atoms with van der Waals surface area (Å²) < 4.78 is 0. The molecule has 0 saturated carbocycles. The third-order valence-electron chi connectivity index (χ3n) is 4.15. The summed E-state index contributed by atoms with van der Waals surface area (Å²) in [5.41, 5.74) is 2.90. The van der Waals surface area contributed by atoms with Crippen molar-refractivity contribution in [3.05, 3.63) is 71.8 Å². The van der Waals surface area contributed by atoms with Crippen molar-refractivity contribution in [1.29, 1.82) is 0 Å². The van der Waals surface area contributed by atoms with Gasteiger partial charge in [0.05, 0.1) is 0 Å². The summed E-state index contributed by atoms with van der Waals surface area (Å²) in [5, 5.41) is 0.806. The predicted molar refractivity (Wildman–Crippen MR) is 113 cm³/mol. The normalized spacial score (nSPS) is 12.2. The van der Waals surface area contributed by atoms with Crippen LogP contribution in [-0.4, -0.2) is 11.0 Å². The Morgan fingerprint density at radius 3 is 2.00 bits per heavy atom. The minimum absolute atomic E-state index is 0.806. The van der Waals surface area contributed by atoms with E-state index in [-0.39, 0.29) is 0 Å². The molecule has 1 atom stereocenters. The second-order valence-electron chi connectivity index (χ2n) is 6.24. The molecular weight excluding hydrogens is 328 g/mol. The molecule has 2 aromatic rings. The van der Waals surface area contributed by atoms with Crippen LogP contribution in [0.4, 0.5) is 0 Å². The lowest BCUT2D eigenvalue weighted by molar-refractivity contribution is 0.637. The first-order valence-corrected chi connectivity index (χ1v) is 11.4. The number of hydrogen-bond donors (Lipinski definition) is 0. The number of thioether (sulfide) groups is 2. The molecule has 0 N–H and O–H groups in total. The van der Waals surface area contributed by atoms with Gasteiger partial charge in [0.15, 0.2) is 0 Å². The topological polar surface area (TPSA) is 0 Å². The summed E-state index contributed by atoms with van der Waals surface area (Å²) in [5.74, 6) is 3.57. The van der Waals surface area contributed by atoms with Crippen molar-refractivity contribution in [3.8, 4) is 0 Å². The van der Waals surface area contributed by atoms with Crippen LogP contribution in [0, 0.1) is 0 Å². The molecule has 130 valence electrons. The highest BCUT2D eigenvalue weighted by Crippen LogP contribution is 2.27. The molecule has 0 fully saturated rings. The Labute approximate surface area is 156 Å². The van der Waals surface area contributed by atoms with Crippen LogP contribution in [0.5, 0.6) is 0 Å². The molecule has 2 heteroatoms. The van der Waals surface area contributed by atoms with Gasteiger partial charge in [-0.1, -0.05) is 86.8 Å². The van der Waals surface area contributed by atoms with Crippen molar-refractivity contribution in [3.63, 3.8) is 0 Å². The van der Waals surface area contributed by atoms with Crippen LogP contribution in [0.1, 0.15) is 50.2 Å². The zero-order valence-electron chi connectivity index (χ0n) is 14.8. The standard InChI is InChI=1S/C22H30S2/c1-2-3-6-15-22(24-19-21-13-9-5-10-14-21)16-17-23-18-20-11-7-4-8-12-20/h4-5,7-14,22H,2-3,6,15-19H2,1H3. The first kappa shape index (κ1) is 19.5. The van der Waals surface area contributed by atoms with E-state index >= 15 is 0 Å². The Hall–Kier alpha value is -0.860. The minimum atomic E-state index is 0.806. The van der Waals surface area contributed by atoms with E-state index in [9.17, 15) is 0 Å². The van der Waals surface area contributed by atoms with Gasteiger partial charge in [-0.05, 0) is 29.7 Å². The average molecular weight is 359 g/mol. The van der Waals surface area contributed by atoms with Crippen LogP contribution in [0.15, 0.2) is 60.7 Å². The van der Waals surface area contributed by atoms with Crippen molar-refractivity contribution < 1.29 is 0 Å². The Kier molecular flexibility index (Phi) is 10.1. The largest absolute Gasteiger partial charge is 0.157 e. The van der Waals surface area contributed by atoms with Crippen LogP contribution in [0.3, 0.4) is 0 Å². The summed E-state index contributed by atoms with van der Waals surface area (Å²) in [6, 6.07) is 21.7. The molecule has 1 unspecified atom stereocenters. The third-order valence-corrected chi connectivity index (χ3v) is 6.66. The fourth-order valence-electron chi connectivity index (χ4n) is 2.70. The molecule has 0 aliphatic carbocycles. The van der Waals surface area contributed by atoms with Gasteiger partial charge in [-0.25, -0.2) is 0 Å². The maximum atomic E-state index is 2.29. The van der Waals surface area contributed by atoms with E-state index in [1.54, 1.807) is 0 Å². The van der Waals surface area contributed by atoms with Gasteiger partial charge in [-0.2, -0.15) is 23.5 Å². The lowest BCUT2D eigenvalue weighted by Crippen LogP contribution is -2.05. The molecule has 0 bridgehead atoms. The second-order valence-corrected chi connectivity index (χ2v) is 8.64. The molecule has 0 radical (unpaired) electrons. The lowest BCUT2D eigenvalue weighted by Gasteiger charge is -2.16. The van der Waals surface area contributed by atoms with Crippen LogP contribution in [0.2, 0.25) is 0 Å². The van der Waals surface area contributed by atoms with Crippen molar-refractivity contribution >= 4 is 23.5 Å². The number of hydrogen-bond acceptors (Lipinski definition) is 2. The summed E-state index contributed by atoms with van der Waals surface area (Å²) >= 11 is 4.24. The fourth-order valence-corrected chi connectivity index (χ4v) is 5.11. The van der Waals surface area contributed by atoms with Crippen LogP contribution in [0.25, 0.3) is 0 Å². The molecule has 2 aromatic carbocycles. The zero-order valence-corrected chi connectivity index (χ0v) is 16.5. The molecule has 24 heavy (non-hydrogen) atoms. The first-order valence-electron chi connectivity index (χ1n) is 9.15. The molecular formula is C22H30S2. The van der Waals surface area contributed by atoms with E-state index < -0.39 is 0 Å². The van der Waals surface area contributed by atoms with Crippen molar-refractivity contribution in [1.82, 2.24) is 0 Å². The maximum Gasteiger partial charge on any atom is 0.0187 e.